The summed E-state index contributed by atoms with van der Waals surface area (Å²) < 4.78 is 0. The fourth-order valence-electron chi connectivity index (χ4n) is 0.752. The van der Waals surface area contributed by atoms with Crippen LogP contribution >= 0.6 is 0 Å². The van der Waals surface area contributed by atoms with E-state index in [1.54, 1.807) is 0 Å². The summed E-state index contributed by atoms with van der Waals surface area (Å²) in [5.74, 6) is 0.573. The zero-order valence-corrected chi connectivity index (χ0v) is 9.52. The minimum atomic E-state index is 0.149. The van der Waals surface area contributed by atoms with Crippen LogP contribution in [0.4, 0.5) is 0 Å². The van der Waals surface area contributed by atoms with Gasteiger partial charge in [-0.15, -0.1) is 0 Å². The molecule has 0 aromatic carbocycles. The third kappa shape index (κ3) is 7.41. The molecule has 80 valence electrons. The molecule has 0 unspecified atom stereocenters. The second kappa shape index (κ2) is 6.25. The normalized spacial score (nSPS) is 12.1. The van der Waals surface area contributed by atoms with Crippen molar-refractivity contribution in [1.29, 1.82) is 5.26 Å². The highest BCUT2D eigenvalue weighted by atomic mass is 15.2. The summed E-state index contributed by atoms with van der Waals surface area (Å²) in [6.45, 7) is 9.94. The summed E-state index contributed by atoms with van der Waals surface area (Å²) >= 11 is 0. The highest BCUT2D eigenvalue weighted by molar-refractivity contribution is 5.81. The highest BCUT2D eigenvalue weighted by Crippen LogP contribution is 2.12. The third-order valence-corrected chi connectivity index (χ3v) is 1.43. The number of nitriles is 1. The van der Waals surface area contributed by atoms with Crippen molar-refractivity contribution in [2.75, 3.05) is 13.1 Å². The lowest BCUT2D eigenvalue weighted by Crippen LogP contribution is -2.35. The second-order valence-electron chi connectivity index (χ2n) is 4.39. The molecule has 0 aromatic rings. The largest absolute Gasteiger partial charge is 0.356 e. The van der Waals surface area contributed by atoms with Gasteiger partial charge in [0, 0.05) is 13.1 Å². The van der Waals surface area contributed by atoms with Gasteiger partial charge in [-0.3, -0.25) is 10.3 Å². The van der Waals surface area contributed by atoms with Gasteiger partial charge in [0.1, 0.15) is 0 Å². The topological polar surface area (TPSA) is 60.2 Å². The van der Waals surface area contributed by atoms with E-state index in [4.69, 9.17) is 5.26 Å². The Morgan fingerprint density at radius 1 is 1.43 bits per heavy atom. The van der Waals surface area contributed by atoms with E-state index in [2.05, 4.69) is 43.3 Å². The standard InChI is InChI=1S/C10H20N4/c1-5-6-12-9(14-8-11)13-7-10(2,3)4/h5-7H2,1-4H3,(H2,12,13,14). The van der Waals surface area contributed by atoms with Crippen LogP contribution in [0.25, 0.3) is 0 Å². The minimum absolute atomic E-state index is 0.149. The monoisotopic (exact) mass is 196 g/mol. The second-order valence-corrected chi connectivity index (χ2v) is 4.39. The smallest absolute Gasteiger partial charge is 0.204 e. The molecule has 0 aliphatic carbocycles. The Morgan fingerprint density at radius 3 is 2.50 bits per heavy atom. The van der Waals surface area contributed by atoms with Crippen molar-refractivity contribution in [3.05, 3.63) is 0 Å². The summed E-state index contributed by atoms with van der Waals surface area (Å²) in [6.07, 6.45) is 2.89. The first kappa shape index (κ1) is 12.8. The van der Waals surface area contributed by atoms with Crippen LogP contribution in [0, 0.1) is 16.9 Å². The van der Waals surface area contributed by atoms with Gasteiger partial charge in [-0.2, -0.15) is 5.26 Å². The molecule has 0 fully saturated rings. The number of nitrogens with zero attached hydrogens (tertiary/aromatic N) is 2. The first-order valence-corrected chi connectivity index (χ1v) is 4.93. The van der Waals surface area contributed by atoms with E-state index in [-0.39, 0.29) is 5.41 Å². The van der Waals surface area contributed by atoms with Gasteiger partial charge in [0.15, 0.2) is 6.19 Å². The molecule has 0 amide bonds. The summed E-state index contributed by atoms with van der Waals surface area (Å²) in [7, 11) is 0. The van der Waals surface area contributed by atoms with Gasteiger partial charge in [0.25, 0.3) is 0 Å². The lowest BCUT2D eigenvalue weighted by molar-refractivity contribution is 0.428. The average molecular weight is 196 g/mol. The highest BCUT2D eigenvalue weighted by Gasteiger charge is 2.09. The SMILES string of the molecule is CCCNC(=NCC(C)(C)C)NC#N. The molecule has 0 bridgehead atoms. The van der Waals surface area contributed by atoms with E-state index >= 15 is 0 Å². The Bertz CT molecular complexity index is 219. The Kier molecular flexibility index (Phi) is 5.70. The van der Waals surface area contributed by atoms with Gasteiger partial charge in [-0.1, -0.05) is 27.7 Å². The van der Waals surface area contributed by atoms with Crippen LogP contribution in [0.1, 0.15) is 34.1 Å². The van der Waals surface area contributed by atoms with E-state index in [0.717, 1.165) is 13.0 Å². The molecule has 4 heteroatoms. The van der Waals surface area contributed by atoms with Crippen LogP contribution in [-0.2, 0) is 0 Å². The lowest BCUT2D eigenvalue weighted by Gasteiger charge is -2.15. The maximum atomic E-state index is 8.48. The minimum Gasteiger partial charge on any atom is -0.356 e. The average Bonchev–Trinajstić information content (AvgIpc) is 2.08. The van der Waals surface area contributed by atoms with Crippen molar-refractivity contribution in [3.8, 4) is 6.19 Å². The molecule has 0 rings (SSSR count). The number of hydrogen-bond acceptors (Lipinski definition) is 2. The zero-order chi connectivity index (χ0) is 11.0. The molecule has 0 aliphatic heterocycles. The molecular formula is C10H20N4. The molecule has 0 aromatic heterocycles. The first-order chi connectivity index (χ1) is 6.49. The summed E-state index contributed by atoms with van der Waals surface area (Å²) in [5, 5.41) is 14.1. The van der Waals surface area contributed by atoms with Crippen LogP contribution in [0.3, 0.4) is 0 Å². The van der Waals surface area contributed by atoms with Gasteiger partial charge in [0.2, 0.25) is 5.96 Å². The Hall–Kier alpha value is -1.24. The fraction of sp³-hybridized carbons (Fsp3) is 0.800. The first-order valence-electron chi connectivity index (χ1n) is 4.93. The zero-order valence-electron chi connectivity index (χ0n) is 9.52. The van der Waals surface area contributed by atoms with Crippen molar-refractivity contribution < 1.29 is 0 Å². The van der Waals surface area contributed by atoms with Gasteiger partial charge in [0.05, 0.1) is 0 Å². The Morgan fingerprint density at radius 2 is 2.07 bits per heavy atom. The molecule has 4 nitrogen and oxygen atoms in total. The van der Waals surface area contributed by atoms with E-state index in [1.807, 2.05) is 6.19 Å². The van der Waals surface area contributed by atoms with Crippen LogP contribution in [0.5, 0.6) is 0 Å². The molecule has 0 saturated carbocycles. The van der Waals surface area contributed by atoms with E-state index in [9.17, 15) is 0 Å². The quantitative estimate of drug-likeness (QED) is 0.311. The summed E-state index contributed by atoms with van der Waals surface area (Å²) in [6, 6.07) is 0. The maximum absolute atomic E-state index is 8.48. The number of nitrogens with one attached hydrogen (secondary N) is 2. The predicted molar refractivity (Wildman–Crippen MR) is 58.8 cm³/mol. The fourth-order valence-corrected chi connectivity index (χ4v) is 0.752. The van der Waals surface area contributed by atoms with Crippen LogP contribution in [0.2, 0.25) is 0 Å². The number of guanidine groups is 1. The van der Waals surface area contributed by atoms with Gasteiger partial charge >= 0.3 is 0 Å². The third-order valence-electron chi connectivity index (χ3n) is 1.43. The molecule has 0 radical (unpaired) electrons. The number of hydrogen-bond donors (Lipinski definition) is 2. The molecular weight excluding hydrogens is 176 g/mol. The van der Waals surface area contributed by atoms with E-state index in [1.165, 1.54) is 0 Å². The molecule has 2 N–H and O–H groups in total. The van der Waals surface area contributed by atoms with Crippen LogP contribution < -0.4 is 10.6 Å². The van der Waals surface area contributed by atoms with Crippen molar-refractivity contribution in [1.82, 2.24) is 10.6 Å². The van der Waals surface area contributed by atoms with Crippen LogP contribution in [0.15, 0.2) is 4.99 Å². The Labute approximate surface area is 86.4 Å². The van der Waals surface area contributed by atoms with Crippen LogP contribution in [-0.4, -0.2) is 19.0 Å². The number of rotatable bonds is 3. The molecule has 0 atom stereocenters. The van der Waals surface area contributed by atoms with Gasteiger partial charge in [-0.05, 0) is 11.8 Å². The molecule has 0 aliphatic rings. The van der Waals surface area contributed by atoms with Crippen molar-refractivity contribution >= 4 is 5.96 Å². The predicted octanol–water partition coefficient (Wildman–Crippen LogP) is 1.46. The molecule has 14 heavy (non-hydrogen) atoms. The molecule has 0 spiro atoms. The number of aliphatic imine (C=N–C) groups is 1. The van der Waals surface area contributed by atoms with Crippen molar-refractivity contribution in [2.24, 2.45) is 10.4 Å². The van der Waals surface area contributed by atoms with Crippen molar-refractivity contribution in [2.45, 2.75) is 34.1 Å². The Balaban J connectivity index is 4.12. The summed E-state index contributed by atoms with van der Waals surface area (Å²) in [5.41, 5.74) is 0.149. The van der Waals surface area contributed by atoms with Crippen molar-refractivity contribution in [3.63, 3.8) is 0 Å². The maximum Gasteiger partial charge on any atom is 0.204 e. The van der Waals surface area contributed by atoms with E-state index in [0.29, 0.717) is 12.5 Å². The van der Waals surface area contributed by atoms with Gasteiger partial charge in [-0.25, -0.2) is 0 Å². The molecule has 0 saturated heterocycles. The van der Waals surface area contributed by atoms with E-state index < -0.39 is 0 Å². The summed E-state index contributed by atoms with van der Waals surface area (Å²) in [4.78, 5) is 4.29. The lowest BCUT2D eigenvalue weighted by atomic mass is 9.97. The molecule has 0 heterocycles. The van der Waals surface area contributed by atoms with Gasteiger partial charge < -0.3 is 5.32 Å².